The van der Waals surface area contributed by atoms with E-state index in [2.05, 4.69) is 17.9 Å². The van der Waals surface area contributed by atoms with Crippen molar-refractivity contribution >= 4 is 30.1 Å². The van der Waals surface area contributed by atoms with Gasteiger partial charge in [-0.05, 0) is 19.1 Å². The third-order valence-electron chi connectivity index (χ3n) is 2.61. The molecule has 98 valence electrons. The Morgan fingerprint density at radius 3 is 2.33 bits per heavy atom. The monoisotopic (exact) mass is 266 g/mol. The van der Waals surface area contributed by atoms with Gasteiger partial charge in [0.2, 0.25) is 11.8 Å². The fourth-order valence-corrected chi connectivity index (χ4v) is 1.81. The van der Waals surface area contributed by atoms with Gasteiger partial charge >= 0.3 is 0 Å². The van der Waals surface area contributed by atoms with Crippen molar-refractivity contribution in [3.05, 3.63) is 29.8 Å². The summed E-state index contributed by atoms with van der Waals surface area (Å²) in [5.41, 5.74) is 1.93. The number of rotatable bonds is 4. The molecule has 4 nitrogen and oxygen atoms in total. The normalized spacial score (nSPS) is 11.8. The van der Waals surface area contributed by atoms with E-state index in [1.807, 2.05) is 31.2 Å². The summed E-state index contributed by atoms with van der Waals surface area (Å²) in [7, 11) is 1.69. The highest BCUT2D eigenvalue weighted by Gasteiger charge is 2.22. The van der Waals surface area contributed by atoms with Crippen LogP contribution >= 0.6 is 12.6 Å². The smallest absolute Gasteiger partial charge is 0.250 e. The second-order valence-electron chi connectivity index (χ2n) is 4.17. The van der Waals surface area contributed by atoms with E-state index in [1.54, 1.807) is 7.05 Å². The zero-order chi connectivity index (χ0) is 13.7. The van der Waals surface area contributed by atoms with E-state index in [1.165, 1.54) is 11.8 Å². The van der Waals surface area contributed by atoms with Crippen LogP contribution in [0.5, 0.6) is 0 Å². The molecule has 1 aromatic carbocycles. The van der Waals surface area contributed by atoms with Crippen molar-refractivity contribution in [1.82, 2.24) is 5.32 Å². The third kappa shape index (κ3) is 3.77. The number of nitrogens with one attached hydrogen (secondary N) is 1. The molecule has 0 aliphatic rings. The summed E-state index contributed by atoms with van der Waals surface area (Å²) >= 11 is 4.09. The van der Waals surface area contributed by atoms with Crippen LogP contribution in [-0.4, -0.2) is 30.7 Å². The Kier molecular flexibility index (Phi) is 5.22. The number of hydrogen-bond acceptors (Lipinski definition) is 3. The van der Waals surface area contributed by atoms with Crippen LogP contribution in [0.4, 0.5) is 5.69 Å². The van der Waals surface area contributed by atoms with Crippen LogP contribution < -0.4 is 10.2 Å². The number of likely N-dealkylation sites (N-methyl/N-ethyl adjacent to an activating group) is 1. The van der Waals surface area contributed by atoms with Gasteiger partial charge in [-0.3, -0.25) is 9.59 Å². The molecule has 0 saturated carbocycles. The highest BCUT2D eigenvalue weighted by Crippen LogP contribution is 2.14. The molecule has 1 rings (SSSR count). The van der Waals surface area contributed by atoms with Crippen molar-refractivity contribution in [3.8, 4) is 0 Å². The fourth-order valence-electron chi connectivity index (χ4n) is 1.56. The van der Waals surface area contributed by atoms with Crippen LogP contribution in [0, 0.1) is 6.92 Å². The maximum absolute atomic E-state index is 12.2. The fraction of sp³-hybridized carbons (Fsp3) is 0.385. The summed E-state index contributed by atoms with van der Waals surface area (Å²) in [5, 5.41) is 2.58. The summed E-state index contributed by atoms with van der Waals surface area (Å²) in [6.07, 6.45) is 0. The van der Waals surface area contributed by atoms with Gasteiger partial charge in [-0.1, -0.05) is 17.7 Å². The van der Waals surface area contributed by atoms with Crippen molar-refractivity contribution in [3.63, 3.8) is 0 Å². The molecule has 1 atom stereocenters. The first-order chi connectivity index (χ1) is 8.45. The number of carbonyl (C=O) groups is 2. The molecule has 0 heterocycles. The average Bonchev–Trinajstić information content (AvgIpc) is 2.35. The first-order valence-corrected chi connectivity index (χ1v) is 6.31. The lowest BCUT2D eigenvalue weighted by molar-refractivity contribution is -0.125. The summed E-state index contributed by atoms with van der Waals surface area (Å²) in [5.74, 6) is -0.141. The zero-order valence-corrected chi connectivity index (χ0v) is 11.7. The summed E-state index contributed by atoms with van der Waals surface area (Å²) in [4.78, 5) is 24.7. The van der Waals surface area contributed by atoms with Gasteiger partial charge in [-0.25, -0.2) is 0 Å². The predicted molar refractivity (Wildman–Crippen MR) is 76.0 cm³/mol. The highest BCUT2D eigenvalue weighted by molar-refractivity contribution is 7.80. The SMILES string of the molecule is CC(=O)NC(CS)C(=O)N(C)c1ccc(C)cc1. The van der Waals surface area contributed by atoms with Gasteiger partial charge < -0.3 is 10.2 Å². The van der Waals surface area contributed by atoms with Crippen molar-refractivity contribution < 1.29 is 9.59 Å². The van der Waals surface area contributed by atoms with Crippen molar-refractivity contribution in [2.24, 2.45) is 0 Å². The van der Waals surface area contributed by atoms with Crippen molar-refractivity contribution in [2.45, 2.75) is 19.9 Å². The van der Waals surface area contributed by atoms with Crippen molar-refractivity contribution in [2.75, 3.05) is 17.7 Å². The van der Waals surface area contributed by atoms with Gasteiger partial charge in [-0.2, -0.15) is 12.6 Å². The van der Waals surface area contributed by atoms with E-state index in [-0.39, 0.29) is 17.6 Å². The molecule has 0 saturated heterocycles. The van der Waals surface area contributed by atoms with Crippen LogP contribution in [0.3, 0.4) is 0 Å². The zero-order valence-electron chi connectivity index (χ0n) is 10.8. The van der Waals surface area contributed by atoms with Gasteiger partial charge in [0.15, 0.2) is 0 Å². The van der Waals surface area contributed by atoms with Gasteiger partial charge in [-0.15, -0.1) is 0 Å². The summed E-state index contributed by atoms with van der Waals surface area (Å²) in [6.45, 7) is 3.37. The summed E-state index contributed by atoms with van der Waals surface area (Å²) in [6, 6.07) is 7.02. The second kappa shape index (κ2) is 6.44. The van der Waals surface area contributed by atoms with E-state index >= 15 is 0 Å². The van der Waals surface area contributed by atoms with Gasteiger partial charge in [0.25, 0.3) is 0 Å². The lowest BCUT2D eigenvalue weighted by Crippen LogP contribution is -2.48. The number of amides is 2. The Bertz CT molecular complexity index is 431. The van der Waals surface area contributed by atoms with Gasteiger partial charge in [0, 0.05) is 25.4 Å². The Morgan fingerprint density at radius 1 is 1.33 bits per heavy atom. The molecular weight excluding hydrogens is 248 g/mol. The number of aryl methyl sites for hydroxylation is 1. The predicted octanol–water partition coefficient (Wildman–Crippen LogP) is 1.39. The molecule has 0 aliphatic carbocycles. The number of nitrogens with zero attached hydrogens (tertiary/aromatic N) is 1. The largest absolute Gasteiger partial charge is 0.344 e. The summed E-state index contributed by atoms with van der Waals surface area (Å²) < 4.78 is 0. The molecular formula is C13H18N2O2S. The number of hydrogen-bond donors (Lipinski definition) is 2. The molecule has 1 unspecified atom stereocenters. The number of thiol groups is 1. The first-order valence-electron chi connectivity index (χ1n) is 5.68. The van der Waals surface area contributed by atoms with E-state index < -0.39 is 6.04 Å². The molecule has 0 aliphatic heterocycles. The highest BCUT2D eigenvalue weighted by atomic mass is 32.1. The maximum Gasteiger partial charge on any atom is 0.250 e. The molecule has 0 radical (unpaired) electrons. The van der Waals surface area contributed by atoms with Crippen LogP contribution in [0.2, 0.25) is 0 Å². The van der Waals surface area contributed by atoms with E-state index in [0.29, 0.717) is 0 Å². The Hall–Kier alpha value is -1.49. The topological polar surface area (TPSA) is 49.4 Å². The first kappa shape index (κ1) is 14.6. The van der Waals surface area contributed by atoms with Crippen LogP contribution in [0.25, 0.3) is 0 Å². The van der Waals surface area contributed by atoms with Crippen LogP contribution in [-0.2, 0) is 9.59 Å². The lowest BCUT2D eigenvalue weighted by Gasteiger charge is -2.23. The Morgan fingerprint density at radius 2 is 1.89 bits per heavy atom. The minimum absolute atomic E-state index is 0.177. The van der Waals surface area contributed by atoms with Crippen LogP contribution in [0.1, 0.15) is 12.5 Å². The van der Waals surface area contributed by atoms with E-state index in [9.17, 15) is 9.59 Å². The third-order valence-corrected chi connectivity index (χ3v) is 2.98. The van der Waals surface area contributed by atoms with Gasteiger partial charge in [0.1, 0.15) is 6.04 Å². The number of benzene rings is 1. The minimum Gasteiger partial charge on any atom is -0.344 e. The molecule has 1 N–H and O–H groups in total. The molecule has 0 aromatic heterocycles. The number of carbonyl (C=O) groups excluding carboxylic acids is 2. The number of anilines is 1. The minimum atomic E-state index is -0.600. The second-order valence-corrected chi connectivity index (χ2v) is 4.53. The lowest BCUT2D eigenvalue weighted by atomic mass is 10.2. The van der Waals surface area contributed by atoms with Crippen molar-refractivity contribution in [1.29, 1.82) is 0 Å². The average molecular weight is 266 g/mol. The maximum atomic E-state index is 12.2. The quantitative estimate of drug-likeness (QED) is 0.809. The van der Waals surface area contributed by atoms with Gasteiger partial charge in [0.05, 0.1) is 0 Å². The van der Waals surface area contributed by atoms with E-state index in [4.69, 9.17) is 0 Å². The molecule has 1 aromatic rings. The Balaban J connectivity index is 2.81. The standard InChI is InChI=1S/C13H18N2O2S/c1-9-4-6-11(7-5-9)15(3)13(17)12(8-18)14-10(2)16/h4-7,12,18H,8H2,1-3H3,(H,14,16). The molecule has 0 fully saturated rings. The molecule has 5 heteroatoms. The molecule has 0 spiro atoms. The molecule has 2 amide bonds. The molecule has 18 heavy (non-hydrogen) atoms. The van der Waals surface area contributed by atoms with E-state index in [0.717, 1.165) is 11.3 Å². The molecule has 0 bridgehead atoms. The Labute approximate surface area is 113 Å². The van der Waals surface area contributed by atoms with Crippen LogP contribution in [0.15, 0.2) is 24.3 Å².